The number of allylic oxidation sites excluding steroid dienone is 1. The molecule has 0 aromatic carbocycles. The third-order valence-corrected chi connectivity index (χ3v) is 7.52. The summed E-state index contributed by atoms with van der Waals surface area (Å²) in [5.74, 6) is -0.0739. The van der Waals surface area contributed by atoms with E-state index in [4.69, 9.17) is 9.47 Å². The lowest BCUT2D eigenvalue weighted by Crippen LogP contribution is -2.59. The van der Waals surface area contributed by atoms with Crippen molar-refractivity contribution in [3.63, 3.8) is 0 Å². The molecule has 0 aliphatic heterocycles. The van der Waals surface area contributed by atoms with Crippen LogP contribution < -0.4 is 0 Å². The van der Waals surface area contributed by atoms with Crippen molar-refractivity contribution in [1.29, 1.82) is 0 Å². The van der Waals surface area contributed by atoms with E-state index in [0.29, 0.717) is 11.8 Å². The van der Waals surface area contributed by atoms with E-state index in [9.17, 15) is 19.5 Å². The Hall–Kier alpha value is -2.37. The number of carboxylic acid groups (broad SMARTS) is 1. The lowest BCUT2D eigenvalue weighted by Gasteiger charge is -2.60. The molecule has 4 fully saturated rings. The van der Waals surface area contributed by atoms with Gasteiger partial charge in [-0.2, -0.15) is 0 Å². The van der Waals surface area contributed by atoms with Crippen molar-refractivity contribution < 1.29 is 29.0 Å². The van der Waals surface area contributed by atoms with Gasteiger partial charge in [0.2, 0.25) is 0 Å². The molecule has 0 saturated heterocycles. The lowest BCUT2D eigenvalue weighted by atomic mass is 9.49. The Balaban J connectivity index is 1.88. The smallest absolute Gasteiger partial charge is 0.335 e. The largest absolute Gasteiger partial charge is 0.478 e. The highest BCUT2D eigenvalue weighted by molar-refractivity contribution is 5.99. The van der Waals surface area contributed by atoms with Gasteiger partial charge in [0.25, 0.3) is 0 Å². The maximum absolute atomic E-state index is 13.1. The summed E-state index contributed by atoms with van der Waals surface area (Å²) in [5, 5.41) is 9.35. The van der Waals surface area contributed by atoms with Crippen LogP contribution in [0.15, 0.2) is 34.9 Å². The second kappa shape index (κ2) is 8.40. The minimum Gasteiger partial charge on any atom is -0.478 e. The van der Waals surface area contributed by atoms with Crippen LogP contribution in [0.5, 0.6) is 0 Å². The third-order valence-electron chi connectivity index (χ3n) is 7.52. The van der Waals surface area contributed by atoms with Crippen LogP contribution in [0.2, 0.25) is 0 Å². The highest BCUT2D eigenvalue weighted by atomic mass is 16.6. The minimum atomic E-state index is -1.27. The van der Waals surface area contributed by atoms with Crippen LogP contribution >= 0.6 is 0 Å². The highest BCUT2D eigenvalue weighted by Crippen LogP contribution is 2.60. The second-order valence-electron chi connectivity index (χ2n) is 9.14. The molecular weight excluding hydrogens is 384 g/mol. The summed E-state index contributed by atoms with van der Waals surface area (Å²) >= 11 is 0. The Bertz CT molecular complexity index is 803. The fourth-order valence-corrected chi connectivity index (χ4v) is 6.13. The number of hydrogen-bond acceptors (Lipinski definition) is 5. The molecular formula is C24H32O6. The van der Waals surface area contributed by atoms with Crippen molar-refractivity contribution in [2.75, 3.05) is 7.11 Å². The monoisotopic (exact) mass is 416 g/mol. The van der Waals surface area contributed by atoms with Crippen LogP contribution in [-0.4, -0.2) is 35.7 Å². The van der Waals surface area contributed by atoms with Crippen LogP contribution in [0.3, 0.4) is 0 Å². The summed E-state index contributed by atoms with van der Waals surface area (Å²) in [7, 11) is 1.22. The molecule has 0 atom stereocenters. The molecule has 0 aromatic heterocycles. The summed E-state index contributed by atoms with van der Waals surface area (Å²) in [6.07, 6.45) is 7.98. The first-order valence-corrected chi connectivity index (χ1v) is 10.8. The van der Waals surface area contributed by atoms with Gasteiger partial charge in [-0.25, -0.2) is 14.4 Å². The molecule has 0 aromatic rings. The molecule has 4 aliphatic rings. The summed E-state index contributed by atoms with van der Waals surface area (Å²) in [4.78, 5) is 36.5. The molecule has 4 bridgehead atoms. The minimum absolute atomic E-state index is 0.0689. The van der Waals surface area contributed by atoms with E-state index < -0.39 is 23.5 Å². The number of carbonyl (C=O) groups excluding carboxylic acids is 2. The van der Waals surface area contributed by atoms with E-state index in [1.54, 1.807) is 6.92 Å². The average Bonchev–Trinajstić information content (AvgIpc) is 2.72. The first-order chi connectivity index (χ1) is 14.1. The van der Waals surface area contributed by atoms with Crippen molar-refractivity contribution in [3.8, 4) is 0 Å². The van der Waals surface area contributed by atoms with E-state index in [1.165, 1.54) is 26.5 Å². The van der Waals surface area contributed by atoms with Gasteiger partial charge < -0.3 is 14.6 Å². The quantitative estimate of drug-likeness (QED) is 0.380. The zero-order valence-electron chi connectivity index (χ0n) is 18.3. The molecule has 164 valence electrons. The number of rotatable bonds is 7. The van der Waals surface area contributed by atoms with E-state index >= 15 is 0 Å². The summed E-state index contributed by atoms with van der Waals surface area (Å²) in [6, 6.07) is 0. The Morgan fingerprint density at radius 1 is 1.03 bits per heavy atom. The normalized spacial score (nSPS) is 33.0. The Kier molecular flexibility index (Phi) is 6.25. The Morgan fingerprint density at radius 3 is 2.00 bits per heavy atom. The predicted molar refractivity (Wildman–Crippen MR) is 111 cm³/mol. The summed E-state index contributed by atoms with van der Waals surface area (Å²) < 4.78 is 10.9. The molecule has 0 radical (unpaired) electrons. The predicted octanol–water partition coefficient (Wildman–Crippen LogP) is 4.21. The molecule has 1 N–H and O–H groups in total. The molecule has 4 saturated carbocycles. The van der Waals surface area contributed by atoms with Crippen molar-refractivity contribution in [3.05, 3.63) is 34.9 Å². The van der Waals surface area contributed by atoms with E-state index in [-0.39, 0.29) is 22.3 Å². The third kappa shape index (κ3) is 3.84. The Labute approximate surface area is 178 Å². The molecule has 4 rings (SSSR count). The van der Waals surface area contributed by atoms with Crippen LogP contribution in [0, 0.1) is 23.7 Å². The average molecular weight is 417 g/mol. The van der Waals surface area contributed by atoms with E-state index in [1.807, 2.05) is 0 Å². The van der Waals surface area contributed by atoms with Crippen LogP contribution in [0.4, 0.5) is 0 Å². The van der Waals surface area contributed by atoms with Gasteiger partial charge in [-0.1, -0.05) is 13.5 Å². The van der Waals surface area contributed by atoms with Gasteiger partial charge in [0.1, 0.15) is 5.60 Å². The molecule has 30 heavy (non-hydrogen) atoms. The van der Waals surface area contributed by atoms with Crippen LogP contribution in [0.25, 0.3) is 0 Å². The standard InChI is InChI=1S/C24H32O6/c1-6-24(18-9-16-8-17(11-18)12-19(24)10-16)30-22(27)13(2)7-20(14(3)21(25)26)15(4)23(28)29-5/h7,16-19H,3,6,8-12H2,1-2,4-5H3,(H,25,26). The topological polar surface area (TPSA) is 89.9 Å². The first-order valence-electron chi connectivity index (χ1n) is 10.8. The zero-order chi connectivity index (χ0) is 22.2. The van der Waals surface area contributed by atoms with Gasteiger partial charge in [-0.15, -0.1) is 0 Å². The second-order valence-corrected chi connectivity index (χ2v) is 9.14. The van der Waals surface area contributed by atoms with Crippen molar-refractivity contribution in [2.24, 2.45) is 23.7 Å². The maximum atomic E-state index is 13.1. The van der Waals surface area contributed by atoms with Crippen molar-refractivity contribution in [2.45, 2.75) is 64.9 Å². The van der Waals surface area contributed by atoms with Crippen LogP contribution in [0.1, 0.15) is 59.3 Å². The summed E-state index contributed by atoms with van der Waals surface area (Å²) in [6.45, 7) is 8.68. The molecule has 0 amide bonds. The molecule has 0 heterocycles. The molecule has 6 heteroatoms. The van der Waals surface area contributed by atoms with Gasteiger partial charge in [0.15, 0.2) is 0 Å². The zero-order valence-corrected chi connectivity index (χ0v) is 18.3. The number of carboxylic acids is 1. The maximum Gasteiger partial charge on any atom is 0.335 e. The Morgan fingerprint density at radius 2 is 1.57 bits per heavy atom. The number of hydrogen-bond donors (Lipinski definition) is 1. The number of carbonyl (C=O) groups is 3. The van der Waals surface area contributed by atoms with Gasteiger partial charge in [0, 0.05) is 11.1 Å². The number of methoxy groups -OCH3 is 1. The van der Waals surface area contributed by atoms with Gasteiger partial charge >= 0.3 is 17.9 Å². The van der Waals surface area contributed by atoms with Gasteiger partial charge in [-0.05, 0) is 87.7 Å². The van der Waals surface area contributed by atoms with Gasteiger partial charge in [0.05, 0.1) is 12.7 Å². The van der Waals surface area contributed by atoms with Gasteiger partial charge in [-0.3, -0.25) is 0 Å². The van der Waals surface area contributed by atoms with Crippen molar-refractivity contribution >= 4 is 17.9 Å². The number of aliphatic carboxylic acids is 1. The van der Waals surface area contributed by atoms with E-state index in [2.05, 4.69) is 13.5 Å². The number of ether oxygens (including phenoxy) is 2. The molecule has 4 aliphatic carbocycles. The molecule has 6 nitrogen and oxygen atoms in total. The lowest BCUT2D eigenvalue weighted by molar-refractivity contribution is -0.207. The SMILES string of the molecule is C=C(C(=O)O)C(C=C(C)C(=O)OC1(CC)C2CC3CC(C2)CC1C3)=C(C)C(=O)OC. The molecule has 0 unspecified atom stereocenters. The van der Waals surface area contributed by atoms with E-state index in [0.717, 1.165) is 43.9 Å². The van der Waals surface area contributed by atoms with Crippen LogP contribution in [-0.2, 0) is 23.9 Å². The fraction of sp³-hybridized carbons (Fsp3) is 0.625. The fourth-order valence-electron chi connectivity index (χ4n) is 6.13. The van der Waals surface area contributed by atoms with Crippen molar-refractivity contribution in [1.82, 2.24) is 0 Å². The highest BCUT2D eigenvalue weighted by Gasteiger charge is 2.58. The molecule has 0 spiro atoms. The first kappa shape index (κ1) is 22.3. The number of esters is 2. The summed E-state index contributed by atoms with van der Waals surface area (Å²) in [5.41, 5.74) is -0.316.